The first-order valence-corrected chi connectivity index (χ1v) is 10.3. The maximum absolute atomic E-state index is 12.5. The molecule has 162 valence electrons. The van der Waals surface area contributed by atoms with Gasteiger partial charge in [0, 0.05) is 12.7 Å². The number of halogens is 2. The van der Waals surface area contributed by atoms with Gasteiger partial charge in [0.1, 0.15) is 0 Å². The van der Waals surface area contributed by atoms with E-state index in [1.165, 1.54) is 42.3 Å². The molecule has 1 unspecified atom stereocenters. The molecule has 1 aliphatic rings. The highest BCUT2D eigenvalue weighted by Gasteiger charge is 2.35. The predicted molar refractivity (Wildman–Crippen MR) is 114 cm³/mol. The summed E-state index contributed by atoms with van der Waals surface area (Å²) in [6.45, 7) is 3.66. The van der Waals surface area contributed by atoms with Crippen molar-refractivity contribution in [3.8, 4) is 0 Å². The number of carbonyl (C=O) groups is 4. The molecule has 0 radical (unpaired) electrons. The number of nitrogens with one attached hydrogen (secondary N) is 1. The molecule has 0 saturated carbocycles. The summed E-state index contributed by atoms with van der Waals surface area (Å²) in [5.74, 6) is -2.21. The minimum absolute atomic E-state index is 0.0551. The van der Waals surface area contributed by atoms with Gasteiger partial charge in [0.25, 0.3) is 17.7 Å². The summed E-state index contributed by atoms with van der Waals surface area (Å²) in [5, 5.41) is 2.89. The number of anilines is 1. The zero-order chi connectivity index (χ0) is 22.7. The summed E-state index contributed by atoms with van der Waals surface area (Å²) < 4.78 is 5.19. The second-order valence-electron chi connectivity index (χ2n) is 6.90. The van der Waals surface area contributed by atoms with Gasteiger partial charge in [-0.1, -0.05) is 36.5 Å². The summed E-state index contributed by atoms with van der Waals surface area (Å²) in [5.41, 5.74) is 0.441. The molecule has 8 nitrogen and oxygen atoms in total. The fraction of sp³-hybridized carbons (Fsp3) is 0.286. The average Bonchev–Trinajstić information content (AvgIpc) is 2.97. The number of imide groups is 1. The molecule has 0 bridgehead atoms. The molecule has 3 rings (SSSR count). The van der Waals surface area contributed by atoms with Crippen LogP contribution in [-0.4, -0.2) is 46.2 Å². The van der Waals surface area contributed by atoms with E-state index in [2.05, 4.69) is 10.3 Å². The molecule has 10 heteroatoms. The molecule has 0 spiro atoms. The first-order valence-electron chi connectivity index (χ1n) is 9.56. The van der Waals surface area contributed by atoms with Crippen molar-refractivity contribution in [1.29, 1.82) is 0 Å². The predicted octanol–water partition coefficient (Wildman–Crippen LogP) is 3.97. The first kappa shape index (κ1) is 22.7. The Morgan fingerprint density at radius 3 is 2.55 bits per heavy atom. The van der Waals surface area contributed by atoms with Crippen molar-refractivity contribution in [2.24, 2.45) is 0 Å². The van der Waals surface area contributed by atoms with Gasteiger partial charge in [-0.05, 0) is 37.6 Å². The lowest BCUT2D eigenvalue weighted by Gasteiger charge is -2.14. The molecular formula is C21H19Cl2N3O5. The van der Waals surface area contributed by atoms with Crippen molar-refractivity contribution in [3.05, 3.63) is 57.2 Å². The Morgan fingerprint density at radius 2 is 1.87 bits per heavy atom. The van der Waals surface area contributed by atoms with Crippen molar-refractivity contribution in [1.82, 2.24) is 9.88 Å². The highest BCUT2D eigenvalue weighted by atomic mass is 35.5. The standard InChI is InChI=1S/C21H19Cl2N3O5/c1-3-4-7-26-19(28)14-6-5-12(8-15(14)20(26)29)21(30)31-11(2)18(27)25-17-16(23)9-13(22)10-24-17/h5-6,8-11H,3-4,7H2,1-2H3,(H,24,25,27). The van der Waals surface area contributed by atoms with Crippen molar-refractivity contribution in [3.63, 3.8) is 0 Å². The Morgan fingerprint density at radius 1 is 1.16 bits per heavy atom. The molecule has 3 amide bonds. The SMILES string of the molecule is CCCCN1C(=O)c2ccc(C(=O)OC(C)C(=O)Nc3ncc(Cl)cc3Cl)cc2C1=O. The smallest absolute Gasteiger partial charge is 0.338 e. The number of esters is 1. The number of hydrogen-bond acceptors (Lipinski definition) is 6. The van der Waals surface area contributed by atoms with Crippen LogP contribution in [0.25, 0.3) is 0 Å². The van der Waals surface area contributed by atoms with Gasteiger partial charge in [0.2, 0.25) is 0 Å². The molecule has 1 aromatic carbocycles. The Balaban J connectivity index is 1.69. The Labute approximate surface area is 188 Å². The van der Waals surface area contributed by atoms with Crippen LogP contribution in [0.1, 0.15) is 57.8 Å². The van der Waals surface area contributed by atoms with Crippen LogP contribution in [0.15, 0.2) is 30.5 Å². The van der Waals surface area contributed by atoms with Gasteiger partial charge in [-0.15, -0.1) is 0 Å². The fourth-order valence-electron chi connectivity index (χ4n) is 2.94. The number of pyridine rings is 1. The third kappa shape index (κ3) is 4.86. The second kappa shape index (κ2) is 9.45. The molecule has 1 aromatic heterocycles. The van der Waals surface area contributed by atoms with Crippen molar-refractivity contribution >= 4 is 52.7 Å². The average molecular weight is 464 g/mol. The summed E-state index contributed by atoms with van der Waals surface area (Å²) in [6.07, 6.45) is 1.67. The van der Waals surface area contributed by atoms with Gasteiger partial charge in [-0.3, -0.25) is 19.3 Å². The van der Waals surface area contributed by atoms with E-state index in [1.807, 2.05) is 6.92 Å². The Kier molecular flexibility index (Phi) is 6.92. The number of amides is 3. The van der Waals surface area contributed by atoms with E-state index >= 15 is 0 Å². The highest BCUT2D eigenvalue weighted by Crippen LogP contribution is 2.25. The second-order valence-corrected chi connectivity index (χ2v) is 7.74. The molecule has 0 saturated heterocycles. The number of hydrogen-bond donors (Lipinski definition) is 1. The monoisotopic (exact) mass is 463 g/mol. The van der Waals surface area contributed by atoms with Crippen molar-refractivity contribution < 1.29 is 23.9 Å². The third-order valence-electron chi connectivity index (χ3n) is 4.64. The van der Waals surface area contributed by atoms with Gasteiger partial charge >= 0.3 is 5.97 Å². The van der Waals surface area contributed by atoms with Crippen LogP contribution in [0.5, 0.6) is 0 Å². The normalized spacial score (nSPS) is 13.7. The van der Waals surface area contributed by atoms with E-state index in [-0.39, 0.29) is 33.4 Å². The molecule has 1 aliphatic heterocycles. The largest absolute Gasteiger partial charge is 0.449 e. The first-order chi connectivity index (χ1) is 14.7. The number of carbonyl (C=O) groups excluding carboxylic acids is 4. The van der Waals surface area contributed by atoms with Crippen LogP contribution in [0, 0.1) is 0 Å². The third-order valence-corrected chi connectivity index (χ3v) is 5.14. The maximum atomic E-state index is 12.5. The lowest BCUT2D eigenvalue weighted by atomic mass is 10.1. The summed E-state index contributed by atoms with van der Waals surface area (Å²) in [4.78, 5) is 54.8. The van der Waals surface area contributed by atoms with Gasteiger partial charge in [0.15, 0.2) is 11.9 Å². The number of nitrogens with zero attached hydrogens (tertiary/aromatic N) is 2. The quantitative estimate of drug-likeness (QED) is 0.491. The van der Waals surface area contributed by atoms with Gasteiger partial charge in [0.05, 0.1) is 26.7 Å². The summed E-state index contributed by atoms with van der Waals surface area (Å²) >= 11 is 11.7. The molecule has 0 aliphatic carbocycles. The van der Waals surface area contributed by atoms with Crippen LogP contribution >= 0.6 is 23.2 Å². The van der Waals surface area contributed by atoms with Crippen molar-refractivity contribution in [2.75, 3.05) is 11.9 Å². The van der Waals surface area contributed by atoms with Crippen LogP contribution in [0.3, 0.4) is 0 Å². The van der Waals surface area contributed by atoms with Crippen LogP contribution in [0.2, 0.25) is 10.0 Å². The minimum atomic E-state index is -1.17. The Hall–Kier alpha value is -2.97. The number of ether oxygens (including phenoxy) is 1. The molecule has 2 heterocycles. The topological polar surface area (TPSA) is 106 Å². The van der Waals surface area contributed by atoms with Crippen molar-refractivity contribution in [2.45, 2.75) is 32.8 Å². The summed E-state index contributed by atoms with van der Waals surface area (Å²) in [7, 11) is 0. The molecule has 1 N–H and O–H groups in total. The number of unbranched alkanes of at least 4 members (excludes halogenated alkanes) is 1. The van der Waals surface area contributed by atoms with E-state index < -0.39 is 23.9 Å². The number of fused-ring (bicyclic) bond motifs is 1. The molecule has 0 fully saturated rings. The van der Waals surface area contributed by atoms with Gasteiger partial charge in [-0.25, -0.2) is 9.78 Å². The van der Waals surface area contributed by atoms with E-state index in [1.54, 1.807) is 0 Å². The zero-order valence-corrected chi connectivity index (χ0v) is 18.3. The molecule has 1 atom stereocenters. The van der Waals surface area contributed by atoms with Crippen LogP contribution < -0.4 is 5.32 Å². The molecule has 2 aromatic rings. The number of rotatable bonds is 7. The number of benzene rings is 1. The van der Waals surface area contributed by atoms with Crippen LogP contribution in [0.4, 0.5) is 5.82 Å². The van der Waals surface area contributed by atoms with E-state index in [9.17, 15) is 19.2 Å². The fourth-order valence-corrected chi connectivity index (χ4v) is 3.37. The minimum Gasteiger partial charge on any atom is -0.449 e. The maximum Gasteiger partial charge on any atom is 0.338 e. The lowest BCUT2D eigenvalue weighted by molar-refractivity contribution is -0.123. The van der Waals surface area contributed by atoms with E-state index in [0.29, 0.717) is 18.0 Å². The van der Waals surface area contributed by atoms with Crippen LogP contribution in [-0.2, 0) is 9.53 Å². The highest BCUT2D eigenvalue weighted by molar-refractivity contribution is 6.36. The molecular weight excluding hydrogens is 445 g/mol. The summed E-state index contributed by atoms with van der Waals surface area (Å²) in [6, 6.07) is 5.53. The van der Waals surface area contributed by atoms with Gasteiger partial charge < -0.3 is 10.1 Å². The van der Waals surface area contributed by atoms with Gasteiger partial charge in [-0.2, -0.15) is 0 Å². The lowest BCUT2D eigenvalue weighted by Crippen LogP contribution is -2.30. The molecule has 31 heavy (non-hydrogen) atoms. The van der Waals surface area contributed by atoms with E-state index in [0.717, 1.165) is 6.42 Å². The zero-order valence-electron chi connectivity index (χ0n) is 16.8. The Bertz CT molecular complexity index is 1070. The number of aromatic nitrogens is 1. The van der Waals surface area contributed by atoms with E-state index in [4.69, 9.17) is 27.9 Å².